The molecule has 0 aliphatic rings. The van der Waals surface area contributed by atoms with Gasteiger partial charge in [-0.2, -0.15) is 0 Å². The number of carboxylic acid groups (broad SMARTS) is 1. The molecule has 1 N–H and O–H groups in total. The van der Waals surface area contributed by atoms with Crippen molar-refractivity contribution in [1.29, 1.82) is 0 Å². The van der Waals surface area contributed by atoms with Crippen molar-refractivity contribution in [1.82, 2.24) is 4.90 Å². The molecule has 1 aromatic carbocycles. The van der Waals surface area contributed by atoms with E-state index in [0.29, 0.717) is 12.0 Å². The molecule has 1 rings (SSSR count). The Morgan fingerprint density at radius 2 is 1.90 bits per heavy atom. The summed E-state index contributed by atoms with van der Waals surface area (Å²) >= 11 is 0. The van der Waals surface area contributed by atoms with Gasteiger partial charge in [-0.25, -0.2) is 13.2 Å². The zero-order valence-corrected chi connectivity index (χ0v) is 13.3. The van der Waals surface area contributed by atoms with E-state index in [4.69, 9.17) is 5.11 Å². The van der Waals surface area contributed by atoms with Crippen molar-refractivity contribution >= 4 is 21.7 Å². The van der Waals surface area contributed by atoms with Gasteiger partial charge in [0.05, 0.1) is 4.90 Å². The molecule has 116 valence electrons. The highest BCUT2D eigenvalue weighted by atomic mass is 32.2. The van der Waals surface area contributed by atoms with Gasteiger partial charge in [-0.1, -0.05) is 13.0 Å². The SMILES string of the molecule is CCc1ccc(S(C)(=O)=O)cc1C(=O)N(C)C(C)C(=O)O. The van der Waals surface area contributed by atoms with E-state index in [0.717, 1.165) is 11.2 Å². The number of carboxylic acids is 1. The lowest BCUT2D eigenvalue weighted by atomic mass is 10.0. The fourth-order valence-electron chi connectivity index (χ4n) is 1.83. The average Bonchev–Trinajstić information content (AvgIpc) is 2.42. The Hall–Kier alpha value is -1.89. The summed E-state index contributed by atoms with van der Waals surface area (Å²) in [5.74, 6) is -1.63. The molecule has 0 saturated heterocycles. The molecule has 1 atom stereocenters. The average molecular weight is 313 g/mol. The number of hydrogen-bond donors (Lipinski definition) is 1. The number of nitrogens with zero attached hydrogens (tertiary/aromatic N) is 1. The molecule has 0 aliphatic carbocycles. The van der Waals surface area contributed by atoms with Crippen LogP contribution in [-0.2, 0) is 21.1 Å². The fraction of sp³-hybridized carbons (Fsp3) is 0.429. The Morgan fingerprint density at radius 3 is 2.33 bits per heavy atom. The highest BCUT2D eigenvalue weighted by molar-refractivity contribution is 7.90. The molecule has 0 aromatic heterocycles. The number of amides is 1. The molecule has 21 heavy (non-hydrogen) atoms. The van der Waals surface area contributed by atoms with Crippen LogP contribution in [-0.4, -0.2) is 49.6 Å². The van der Waals surface area contributed by atoms with Crippen LogP contribution in [0.2, 0.25) is 0 Å². The van der Waals surface area contributed by atoms with Crippen LogP contribution in [0, 0.1) is 0 Å². The zero-order chi connectivity index (χ0) is 16.4. The number of sulfone groups is 1. The Balaban J connectivity index is 3.33. The van der Waals surface area contributed by atoms with Gasteiger partial charge in [0.2, 0.25) is 0 Å². The molecule has 0 bridgehead atoms. The van der Waals surface area contributed by atoms with Crippen molar-refractivity contribution < 1.29 is 23.1 Å². The van der Waals surface area contributed by atoms with Crippen molar-refractivity contribution in [3.63, 3.8) is 0 Å². The first-order valence-electron chi connectivity index (χ1n) is 6.42. The van der Waals surface area contributed by atoms with Gasteiger partial charge >= 0.3 is 5.97 Å². The molecule has 1 aromatic rings. The predicted octanol–water partition coefficient (Wildman–Crippen LogP) is 1.20. The quantitative estimate of drug-likeness (QED) is 0.882. The molecular formula is C14H19NO5S. The van der Waals surface area contributed by atoms with Gasteiger partial charge in [-0.05, 0) is 31.0 Å². The normalized spacial score (nSPS) is 12.8. The minimum Gasteiger partial charge on any atom is -0.480 e. The summed E-state index contributed by atoms with van der Waals surface area (Å²) < 4.78 is 23.2. The second kappa shape index (κ2) is 6.26. The number of aryl methyl sites for hydroxylation is 1. The number of carbonyl (C=O) groups is 2. The number of rotatable bonds is 5. The first-order chi connectivity index (χ1) is 9.59. The largest absolute Gasteiger partial charge is 0.480 e. The number of hydrogen-bond acceptors (Lipinski definition) is 4. The van der Waals surface area contributed by atoms with Crippen molar-refractivity contribution in [3.05, 3.63) is 29.3 Å². The number of carbonyl (C=O) groups excluding carboxylic acids is 1. The van der Waals surface area contributed by atoms with E-state index in [1.165, 1.54) is 26.1 Å². The van der Waals surface area contributed by atoms with Crippen LogP contribution in [0.25, 0.3) is 0 Å². The summed E-state index contributed by atoms with van der Waals surface area (Å²) in [5.41, 5.74) is 0.896. The van der Waals surface area contributed by atoms with E-state index >= 15 is 0 Å². The van der Waals surface area contributed by atoms with Gasteiger partial charge in [-0.15, -0.1) is 0 Å². The zero-order valence-electron chi connectivity index (χ0n) is 12.5. The van der Waals surface area contributed by atoms with E-state index in [-0.39, 0.29) is 10.5 Å². The van der Waals surface area contributed by atoms with Crippen molar-refractivity contribution in [2.75, 3.05) is 13.3 Å². The first-order valence-corrected chi connectivity index (χ1v) is 8.31. The summed E-state index contributed by atoms with van der Waals surface area (Å²) in [4.78, 5) is 24.5. The van der Waals surface area contributed by atoms with E-state index in [2.05, 4.69) is 0 Å². The molecule has 1 amide bonds. The van der Waals surface area contributed by atoms with Crippen LogP contribution in [0.15, 0.2) is 23.1 Å². The van der Waals surface area contributed by atoms with Crippen LogP contribution in [0.5, 0.6) is 0 Å². The summed E-state index contributed by atoms with van der Waals surface area (Å²) in [7, 11) is -2.05. The molecule has 1 unspecified atom stereocenters. The maximum absolute atomic E-state index is 12.4. The van der Waals surface area contributed by atoms with E-state index < -0.39 is 27.8 Å². The van der Waals surface area contributed by atoms with E-state index in [1.807, 2.05) is 6.92 Å². The summed E-state index contributed by atoms with van der Waals surface area (Å²) in [6.07, 6.45) is 1.60. The van der Waals surface area contributed by atoms with Crippen LogP contribution >= 0.6 is 0 Å². The molecule has 7 heteroatoms. The van der Waals surface area contributed by atoms with Gasteiger partial charge < -0.3 is 10.0 Å². The van der Waals surface area contributed by atoms with Crippen LogP contribution in [0.4, 0.5) is 0 Å². The smallest absolute Gasteiger partial charge is 0.326 e. The Morgan fingerprint density at radius 1 is 1.33 bits per heavy atom. The summed E-state index contributed by atoms with van der Waals surface area (Å²) in [6.45, 7) is 3.24. The Kier molecular flexibility index (Phi) is 5.11. The summed E-state index contributed by atoms with van der Waals surface area (Å²) in [6, 6.07) is 3.35. The number of benzene rings is 1. The monoisotopic (exact) mass is 313 g/mol. The molecular weight excluding hydrogens is 294 g/mol. The first kappa shape index (κ1) is 17.2. The maximum atomic E-state index is 12.4. The number of aliphatic carboxylic acids is 1. The van der Waals surface area contributed by atoms with Gasteiger partial charge in [0, 0.05) is 18.9 Å². The predicted molar refractivity (Wildman–Crippen MR) is 78.1 cm³/mol. The van der Waals surface area contributed by atoms with Crippen molar-refractivity contribution in [2.45, 2.75) is 31.2 Å². The highest BCUT2D eigenvalue weighted by Crippen LogP contribution is 2.19. The van der Waals surface area contributed by atoms with E-state index in [9.17, 15) is 18.0 Å². The van der Waals surface area contributed by atoms with Crippen molar-refractivity contribution in [2.24, 2.45) is 0 Å². The lowest BCUT2D eigenvalue weighted by molar-refractivity contribution is -0.141. The third-order valence-corrected chi connectivity index (χ3v) is 4.49. The molecule has 0 radical (unpaired) electrons. The van der Waals surface area contributed by atoms with Gasteiger partial charge in [-0.3, -0.25) is 4.79 Å². The lowest BCUT2D eigenvalue weighted by Gasteiger charge is -2.23. The van der Waals surface area contributed by atoms with Crippen LogP contribution < -0.4 is 0 Å². The molecule has 0 aliphatic heterocycles. The third kappa shape index (κ3) is 3.81. The topological polar surface area (TPSA) is 91.8 Å². The van der Waals surface area contributed by atoms with Crippen molar-refractivity contribution in [3.8, 4) is 0 Å². The second-order valence-corrected chi connectivity index (χ2v) is 6.89. The lowest BCUT2D eigenvalue weighted by Crippen LogP contribution is -2.40. The Labute approximate surface area is 124 Å². The minimum absolute atomic E-state index is 0.0411. The molecule has 0 fully saturated rings. The number of likely N-dealkylation sites (N-methyl/N-ethyl adjacent to an activating group) is 1. The molecule has 0 heterocycles. The van der Waals surface area contributed by atoms with Gasteiger partial charge in [0.25, 0.3) is 5.91 Å². The van der Waals surface area contributed by atoms with E-state index in [1.54, 1.807) is 6.07 Å². The highest BCUT2D eigenvalue weighted by Gasteiger charge is 2.25. The van der Waals surface area contributed by atoms with Crippen LogP contribution in [0.3, 0.4) is 0 Å². The minimum atomic E-state index is -3.43. The fourth-order valence-corrected chi connectivity index (χ4v) is 2.47. The van der Waals surface area contributed by atoms with Gasteiger partial charge in [0.1, 0.15) is 6.04 Å². The molecule has 6 nitrogen and oxygen atoms in total. The molecule has 0 saturated carbocycles. The standard InChI is InChI=1S/C14H19NO5S/c1-5-10-6-7-11(21(4,19)20)8-12(10)13(16)15(3)9(2)14(17)18/h6-9H,5H2,1-4H3,(H,17,18). The third-order valence-electron chi connectivity index (χ3n) is 3.38. The summed E-state index contributed by atoms with van der Waals surface area (Å²) in [5, 5.41) is 8.97. The maximum Gasteiger partial charge on any atom is 0.326 e. The Bertz CT molecular complexity index is 666. The molecule has 0 spiro atoms. The van der Waals surface area contributed by atoms with Crippen LogP contribution in [0.1, 0.15) is 29.8 Å². The second-order valence-electron chi connectivity index (χ2n) is 4.87. The van der Waals surface area contributed by atoms with Gasteiger partial charge in [0.15, 0.2) is 9.84 Å².